The minimum atomic E-state index is -0.956. The Bertz CT molecular complexity index is 1110. The van der Waals surface area contributed by atoms with Crippen LogP contribution in [0.4, 0.5) is 0 Å². The fraction of sp³-hybridized carbons (Fsp3) is 0.387. The maximum atomic E-state index is 11.6. The zero-order valence-electron chi connectivity index (χ0n) is 22.0. The quantitative estimate of drug-likeness (QED) is 0.312. The van der Waals surface area contributed by atoms with Gasteiger partial charge in [-0.1, -0.05) is 54.6 Å². The second-order valence-corrected chi connectivity index (χ2v) is 9.96. The van der Waals surface area contributed by atoms with Crippen molar-refractivity contribution < 1.29 is 24.5 Å². The highest BCUT2D eigenvalue weighted by Crippen LogP contribution is 2.37. The standard InChI is InChI=1S/C31H38O5/c1-21-27(35-4)19-25(20-28(21)36-5)29(32)24(13-9-12-22-10-7-6-8-11-22)18-23-14-16-26(17-15-23)31(2,3)30(33)34/h6-8,10-11,14-17,19-20,24,29,32H,9,12-13,18H2,1-5H3,(H,33,34)/t24-,29-/m0/s1. The van der Waals surface area contributed by atoms with Gasteiger partial charge in [0.15, 0.2) is 0 Å². The van der Waals surface area contributed by atoms with E-state index in [1.54, 1.807) is 28.1 Å². The first kappa shape index (κ1) is 27.3. The number of hydrogen-bond donors (Lipinski definition) is 2. The molecule has 0 saturated heterocycles. The molecule has 0 fully saturated rings. The highest BCUT2D eigenvalue weighted by atomic mass is 16.5. The number of carboxylic acid groups (broad SMARTS) is 1. The van der Waals surface area contributed by atoms with Crippen LogP contribution in [0.3, 0.4) is 0 Å². The number of carbonyl (C=O) groups is 1. The maximum Gasteiger partial charge on any atom is 0.313 e. The molecule has 0 spiro atoms. The average Bonchev–Trinajstić information content (AvgIpc) is 2.88. The third kappa shape index (κ3) is 6.46. The van der Waals surface area contributed by atoms with Crippen LogP contribution in [-0.4, -0.2) is 30.4 Å². The van der Waals surface area contributed by atoms with Crippen LogP contribution >= 0.6 is 0 Å². The van der Waals surface area contributed by atoms with Gasteiger partial charge >= 0.3 is 5.97 Å². The summed E-state index contributed by atoms with van der Waals surface area (Å²) in [5.41, 5.74) is 3.81. The minimum absolute atomic E-state index is 0.0378. The lowest BCUT2D eigenvalue weighted by atomic mass is 9.82. The lowest BCUT2D eigenvalue weighted by Crippen LogP contribution is -2.28. The van der Waals surface area contributed by atoms with E-state index < -0.39 is 17.5 Å². The Balaban J connectivity index is 1.86. The van der Waals surface area contributed by atoms with Crippen molar-refractivity contribution in [1.29, 1.82) is 0 Å². The highest BCUT2D eigenvalue weighted by Gasteiger charge is 2.29. The predicted octanol–water partition coefficient (Wildman–Crippen LogP) is 6.29. The number of aryl methyl sites for hydroxylation is 1. The molecular weight excluding hydrogens is 452 g/mol. The summed E-state index contributed by atoms with van der Waals surface area (Å²) in [4.78, 5) is 11.6. The third-order valence-electron chi connectivity index (χ3n) is 7.15. The zero-order valence-corrected chi connectivity index (χ0v) is 22.0. The molecule has 3 aromatic carbocycles. The Hall–Kier alpha value is -3.31. The molecule has 0 aliphatic heterocycles. The number of aliphatic carboxylic acids is 1. The van der Waals surface area contributed by atoms with Crippen LogP contribution < -0.4 is 9.47 Å². The van der Waals surface area contributed by atoms with E-state index in [1.165, 1.54) is 5.56 Å². The molecule has 0 heterocycles. The summed E-state index contributed by atoms with van der Waals surface area (Å²) in [5, 5.41) is 21.1. The first-order valence-corrected chi connectivity index (χ1v) is 12.4. The van der Waals surface area contributed by atoms with Gasteiger partial charge in [0.2, 0.25) is 0 Å². The van der Waals surface area contributed by atoms with Gasteiger partial charge in [-0.05, 0) is 86.8 Å². The molecule has 0 saturated carbocycles. The van der Waals surface area contributed by atoms with Gasteiger partial charge in [-0.3, -0.25) is 4.79 Å². The van der Waals surface area contributed by atoms with Crippen molar-refractivity contribution in [2.45, 2.75) is 58.0 Å². The van der Waals surface area contributed by atoms with E-state index >= 15 is 0 Å². The van der Waals surface area contributed by atoms with Gasteiger partial charge < -0.3 is 19.7 Å². The van der Waals surface area contributed by atoms with Crippen molar-refractivity contribution in [2.24, 2.45) is 5.92 Å². The van der Waals surface area contributed by atoms with Gasteiger partial charge in [0.05, 0.1) is 25.7 Å². The van der Waals surface area contributed by atoms with Crippen LogP contribution in [-0.2, 0) is 23.1 Å². The van der Waals surface area contributed by atoms with Gasteiger partial charge in [-0.15, -0.1) is 0 Å². The van der Waals surface area contributed by atoms with E-state index in [4.69, 9.17) is 9.47 Å². The molecule has 5 heteroatoms. The number of benzene rings is 3. The summed E-state index contributed by atoms with van der Waals surface area (Å²) in [6.45, 7) is 5.35. The summed E-state index contributed by atoms with van der Waals surface area (Å²) in [6, 6.07) is 21.9. The predicted molar refractivity (Wildman–Crippen MR) is 143 cm³/mol. The number of aliphatic hydroxyl groups is 1. The minimum Gasteiger partial charge on any atom is -0.496 e. The van der Waals surface area contributed by atoms with Gasteiger partial charge in [0.1, 0.15) is 11.5 Å². The van der Waals surface area contributed by atoms with Gasteiger partial charge in [-0.25, -0.2) is 0 Å². The first-order chi connectivity index (χ1) is 17.2. The molecule has 0 radical (unpaired) electrons. The van der Waals surface area contributed by atoms with Crippen molar-refractivity contribution in [3.05, 3.63) is 94.5 Å². The fourth-order valence-electron chi connectivity index (χ4n) is 4.62. The van der Waals surface area contributed by atoms with E-state index in [0.29, 0.717) is 17.9 Å². The summed E-state index contributed by atoms with van der Waals surface area (Å²) in [7, 11) is 3.24. The van der Waals surface area contributed by atoms with Crippen LogP contribution in [0.2, 0.25) is 0 Å². The molecule has 36 heavy (non-hydrogen) atoms. The Morgan fingerprint density at radius 2 is 1.50 bits per heavy atom. The van der Waals surface area contributed by atoms with Crippen LogP contribution in [0.5, 0.6) is 11.5 Å². The van der Waals surface area contributed by atoms with Gasteiger partial charge in [0.25, 0.3) is 0 Å². The molecule has 2 atom stereocenters. The molecular formula is C31H38O5. The van der Waals surface area contributed by atoms with Crippen molar-refractivity contribution in [3.63, 3.8) is 0 Å². The summed E-state index contributed by atoms with van der Waals surface area (Å²) < 4.78 is 11.1. The molecule has 0 unspecified atom stereocenters. The van der Waals surface area contributed by atoms with Crippen LogP contribution in [0.15, 0.2) is 66.7 Å². The molecule has 0 aromatic heterocycles. The molecule has 0 aliphatic carbocycles. The maximum absolute atomic E-state index is 11.6. The first-order valence-electron chi connectivity index (χ1n) is 12.4. The molecule has 0 amide bonds. The molecule has 3 aromatic rings. The Morgan fingerprint density at radius 3 is 2.03 bits per heavy atom. The largest absolute Gasteiger partial charge is 0.496 e. The van der Waals surface area contributed by atoms with Crippen molar-refractivity contribution in [3.8, 4) is 11.5 Å². The lowest BCUT2D eigenvalue weighted by molar-refractivity contribution is -0.142. The lowest BCUT2D eigenvalue weighted by Gasteiger charge is -2.26. The molecule has 2 N–H and O–H groups in total. The SMILES string of the molecule is COc1cc([C@@H](O)[C@@H](CCCc2ccccc2)Cc2ccc(C(C)(C)C(=O)O)cc2)cc(OC)c1C. The van der Waals surface area contributed by atoms with Crippen LogP contribution in [0.1, 0.15) is 60.6 Å². The molecule has 5 nitrogen and oxygen atoms in total. The van der Waals surface area contributed by atoms with E-state index in [-0.39, 0.29) is 5.92 Å². The number of ether oxygens (including phenoxy) is 2. The monoisotopic (exact) mass is 490 g/mol. The van der Waals surface area contributed by atoms with Gasteiger partial charge in [0, 0.05) is 5.56 Å². The van der Waals surface area contributed by atoms with Crippen molar-refractivity contribution >= 4 is 5.97 Å². The van der Waals surface area contributed by atoms with E-state index in [9.17, 15) is 15.0 Å². The van der Waals surface area contributed by atoms with Crippen LogP contribution in [0, 0.1) is 12.8 Å². The van der Waals surface area contributed by atoms with E-state index in [2.05, 4.69) is 12.1 Å². The normalized spacial score (nSPS) is 13.2. The smallest absolute Gasteiger partial charge is 0.313 e. The van der Waals surface area contributed by atoms with Gasteiger partial charge in [-0.2, -0.15) is 0 Å². The van der Waals surface area contributed by atoms with E-state index in [1.807, 2.05) is 61.5 Å². The summed E-state index contributed by atoms with van der Waals surface area (Å²) in [6.07, 6.45) is 2.67. The molecule has 0 bridgehead atoms. The number of carboxylic acids is 1. The topological polar surface area (TPSA) is 76.0 Å². The number of rotatable bonds is 12. The fourth-order valence-corrected chi connectivity index (χ4v) is 4.62. The van der Waals surface area contributed by atoms with Crippen LogP contribution in [0.25, 0.3) is 0 Å². The zero-order chi connectivity index (χ0) is 26.3. The third-order valence-corrected chi connectivity index (χ3v) is 7.15. The Labute approximate surface area is 214 Å². The summed E-state index contributed by atoms with van der Waals surface area (Å²) >= 11 is 0. The van der Waals surface area contributed by atoms with Crippen molar-refractivity contribution in [1.82, 2.24) is 0 Å². The number of methoxy groups -OCH3 is 2. The Kier molecular flexibility index (Phi) is 9.16. The second-order valence-electron chi connectivity index (χ2n) is 9.96. The molecule has 0 aliphatic rings. The number of hydrogen-bond acceptors (Lipinski definition) is 4. The number of aliphatic hydroxyl groups excluding tert-OH is 1. The summed E-state index contributed by atoms with van der Waals surface area (Å²) in [5.74, 6) is 0.481. The van der Waals surface area contributed by atoms with E-state index in [0.717, 1.165) is 41.5 Å². The highest BCUT2D eigenvalue weighted by molar-refractivity contribution is 5.80. The average molecular weight is 491 g/mol. The van der Waals surface area contributed by atoms with Crippen molar-refractivity contribution in [2.75, 3.05) is 14.2 Å². The second kappa shape index (κ2) is 12.1. The molecule has 192 valence electrons. The molecule has 3 rings (SSSR count). The Morgan fingerprint density at radius 1 is 0.917 bits per heavy atom.